The quantitative estimate of drug-likeness (QED) is 0.745. The Morgan fingerprint density at radius 1 is 0.962 bits per heavy atom. The summed E-state index contributed by atoms with van der Waals surface area (Å²) in [6, 6.07) is 16.1. The fraction of sp³-hybridized carbons (Fsp3) is 0.318. The lowest BCUT2D eigenvalue weighted by atomic mass is 10.0. The van der Waals surface area contributed by atoms with E-state index in [0.717, 1.165) is 12.0 Å². The number of hydrogen-bond donors (Lipinski definition) is 0. The molecule has 134 valence electrons. The minimum Gasteiger partial charge on any atom is -0.332 e. The van der Waals surface area contributed by atoms with Gasteiger partial charge in [0, 0.05) is 30.5 Å². The first-order valence-corrected chi connectivity index (χ1v) is 9.05. The van der Waals surface area contributed by atoms with Gasteiger partial charge in [-0.05, 0) is 25.3 Å². The van der Waals surface area contributed by atoms with Crippen LogP contribution in [0.25, 0.3) is 0 Å². The Morgan fingerprint density at radius 3 is 2.38 bits per heavy atom. The van der Waals surface area contributed by atoms with Crippen molar-refractivity contribution >= 4 is 17.5 Å². The topological polar surface area (TPSA) is 54.5 Å². The average molecular weight is 349 g/mol. The van der Waals surface area contributed by atoms with Crippen LogP contribution < -0.4 is 0 Å². The molecule has 1 saturated heterocycles. The van der Waals surface area contributed by atoms with Crippen LogP contribution in [0.4, 0.5) is 0 Å². The van der Waals surface area contributed by atoms with Gasteiger partial charge in [0.25, 0.3) is 0 Å². The van der Waals surface area contributed by atoms with Crippen molar-refractivity contribution in [3.05, 3.63) is 71.3 Å². The summed E-state index contributed by atoms with van der Waals surface area (Å²) in [6.45, 7) is 2.48. The lowest BCUT2D eigenvalue weighted by Crippen LogP contribution is -2.40. The SMILES string of the molecule is Cc1ccccc1C(=O)CCC(=O)N1CCCC1C(=O)c1ccccc1. The summed E-state index contributed by atoms with van der Waals surface area (Å²) in [5.41, 5.74) is 2.22. The zero-order chi connectivity index (χ0) is 18.5. The van der Waals surface area contributed by atoms with E-state index in [4.69, 9.17) is 0 Å². The van der Waals surface area contributed by atoms with Gasteiger partial charge in [-0.2, -0.15) is 0 Å². The molecule has 26 heavy (non-hydrogen) atoms. The Morgan fingerprint density at radius 2 is 1.65 bits per heavy atom. The molecule has 0 aliphatic carbocycles. The number of carbonyl (C=O) groups is 3. The monoisotopic (exact) mass is 349 g/mol. The van der Waals surface area contributed by atoms with Crippen LogP contribution in [0.1, 0.15) is 52.0 Å². The predicted molar refractivity (Wildman–Crippen MR) is 100 cm³/mol. The highest BCUT2D eigenvalue weighted by Gasteiger charge is 2.34. The maximum absolute atomic E-state index is 12.7. The van der Waals surface area contributed by atoms with Gasteiger partial charge < -0.3 is 4.90 Å². The van der Waals surface area contributed by atoms with Crippen LogP contribution in [0, 0.1) is 6.92 Å². The molecule has 3 rings (SSSR count). The van der Waals surface area contributed by atoms with Crippen molar-refractivity contribution in [2.45, 2.75) is 38.6 Å². The Bertz CT molecular complexity index is 813. The van der Waals surface area contributed by atoms with E-state index in [0.29, 0.717) is 24.1 Å². The molecule has 0 aromatic heterocycles. The van der Waals surface area contributed by atoms with Gasteiger partial charge in [-0.1, -0.05) is 54.6 Å². The predicted octanol–water partition coefficient (Wildman–Crippen LogP) is 3.83. The number of nitrogens with zero attached hydrogens (tertiary/aromatic N) is 1. The number of likely N-dealkylation sites (tertiary alicyclic amines) is 1. The van der Waals surface area contributed by atoms with Crippen molar-refractivity contribution in [2.24, 2.45) is 0 Å². The van der Waals surface area contributed by atoms with Gasteiger partial charge in [-0.15, -0.1) is 0 Å². The number of Topliss-reactive ketones (excluding diaryl/α,β-unsaturated/α-hetero) is 2. The van der Waals surface area contributed by atoms with Crippen LogP contribution in [0.5, 0.6) is 0 Å². The third-order valence-corrected chi connectivity index (χ3v) is 4.95. The van der Waals surface area contributed by atoms with E-state index in [1.807, 2.05) is 43.3 Å². The van der Waals surface area contributed by atoms with Gasteiger partial charge in [0.1, 0.15) is 0 Å². The number of amides is 1. The number of carbonyl (C=O) groups excluding carboxylic acids is 3. The molecule has 4 heteroatoms. The van der Waals surface area contributed by atoms with E-state index in [1.54, 1.807) is 23.1 Å². The Kier molecular flexibility index (Phi) is 5.61. The molecule has 1 aliphatic heterocycles. The standard InChI is InChI=1S/C22H23NO3/c1-16-8-5-6-11-18(16)20(24)13-14-21(25)23-15-7-12-19(23)22(26)17-9-3-2-4-10-17/h2-6,8-11,19H,7,12-15H2,1H3. The van der Waals surface area contributed by atoms with Crippen LogP contribution in [-0.4, -0.2) is 35.0 Å². The van der Waals surface area contributed by atoms with E-state index in [2.05, 4.69) is 0 Å². The number of rotatable bonds is 6. The summed E-state index contributed by atoms with van der Waals surface area (Å²) >= 11 is 0. The fourth-order valence-corrected chi connectivity index (χ4v) is 3.52. The van der Waals surface area contributed by atoms with Crippen molar-refractivity contribution in [2.75, 3.05) is 6.54 Å². The molecule has 4 nitrogen and oxygen atoms in total. The minimum absolute atomic E-state index is 0.0123. The second kappa shape index (κ2) is 8.09. The second-order valence-electron chi connectivity index (χ2n) is 6.71. The number of benzene rings is 2. The van der Waals surface area contributed by atoms with Crippen LogP contribution in [0.2, 0.25) is 0 Å². The van der Waals surface area contributed by atoms with Crippen molar-refractivity contribution in [3.8, 4) is 0 Å². The second-order valence-corrected chi connectivity index (χ2v) is 6.71. The molecule has 1 heterocycles. The Labute approximate surface area is 153 Å². The van der Waals surface area contributed by atoms with Crippen molar-refractivity contribution in [3.63, 3.8) is 0 Å². The summed E-state index contributed by atoms with van der Waals surface area (Å²) < 4.78 is 0. The highest BCUT2D eigenvalue weighted by atomic mass is 16.2. The minimum atomic E-state index is -0.404. The lowest BCUT2D eigenvalue weighted by Gasteiger charge is -2.23. The zero-order valence-corrected chi connectivity index (χ0v) is 15.0. The molecule has 1 atom stereocenters. The summed E-state index contributed by atoms with van der Waals surface area (Å²) in [6.07, 6.45) is 1.82. The first kappa shape index (κ1) is 18.1. The van der Waals surface area contributed by atoms with E-state index in [-0.39, 0.29) is 30.3 Å². The van der Waals surface area contributed by atoms with E-state index >= 15 is 0 Å². The van der Waals surface area contributed by atoms with Gasteiger partial charge in [-0.25, -0.2) is 0 Å². The van der Waals surface area contributed by atoms with Crippen molar-refractivity contribution in [1.29, 1.82) is 0 Å². The number of hydrogen-bond acceptors (Lipinski definition) is 3. The molecule has 1 fully saturated rings. The molecular weight excluding hydrogens is 326 g/mol. The molecule has 2 aromatic rings. The van der Waals surface area contributed by atoms with Crippen LogP contribution in [0.3, 0.4) is 0 Å². The van der Waals surface area contributed by atoms with Crippen LogP contribution in [-0.2, 0) is 4.79 Å². The molecule has 1 unspecified atom stereocenters. The zero-order valence-electron chi connectivity index (χ0n) is 15.0. The van der Waals surface area contributed by atoms with Gasteiger partial charge in [0.15, 0.2) is 11.6 Å². The Balaban J connectivity index is 1.63. The van der Waals surface area contributed by atoms with Gasteiger partial charge in [0.05, 0.1) is 6.04 Å². The maximum Gasteiger partial charge on any atom is 0.223 e. The number of ketones is 2. The third kappa shape index (κ3) is 3.90. The average Bonchev–Trinajstić information content (AvgIpc) is 3.16. The summed E-state index contributed by atoms with van der Waals surface area (Å²) in [5, 5.41) is 0. The normalized spacial score (nSPS) is 16.5. The first-order chi connectivity index (χ1) is 12.6. The summed E-state index contributed by atoms with van der Waals surface area (Å²) in [4.78, 5) is 39.4. The first-order valence-electron chi connectivity index (χ1n) is 9.05. The number of aryl methyl sites for hydroxylation is 1. The smallest absolute Gasteiger partial charge is 0.223 e. The molecule has 1 amide bonds. The van der Waals surface area contributed by atoms with Gasteiger partial charge >= 0.3 is 0 Å². The van der Waals surface area contributed by atoms with E-state index in [1.165, 1.54) is 0 Å². The van der Waals surface area contributed by atoms with Gasteiger partial charge in [-0.3, -0.25) is 14.4 Å². The molecule has 0 saturated carbocycles. The molecule has 0 bridgehead atoms. The lowest BCUT2D eigenvalue weighted by molar-refractivity contribution is -0.131. The molecule has 0 spiro atoms. The van der Waals surface area contributed by atoms with Crippen LogP contribution >= 0.6 is 0 Å². The molecule has 2 aromatic carbocycles. The summed E-state index contributed by atoms with van der Waals surface area (Å²) in [7, 11) is 0. The highest BCUT2D eigenvalue weighted by Crippen LogP contribution is 2.23. The fourth-order valence-electron chi connectivity index (χ4n) is 3.52. The van der Waals surface area contributed by atoms with Crippen molar-refractivity contribution < 1.29 is 14.4 Å². The largest absolute Gasteiger partial charge is 0.332 e. The molecular formula is C22H23NO3. The maximum atomic E-state index is 12.7. The van der Waals surface area contributed by atoms with Crippen LogP contribution in [0.15, 0.2) is 54.6 Å². The highest BCUT2D eigenvalue weighted by molar-refractivity contribution is 6.03. The molecule has 0 radical (unpaired) electrons. The Hall–Kier alpha value is -2.75. The van der Waals surface area contributed by atoms with Crippen molar-refractivity contribution in [1.82, 2.24) is 4.90 Å². The van der Waals surface area contributed by atoms with E-state index in [9.17, 15) is 14.4 Å². The molecule has 0 N–H and O–H groups in total. The third-order valence-electron chi connectivity index (χ3n) is 4.95. The van der Waals surface area contributed by atoms with E-state index < -0.39 is 6.04 Å². The molecule has 1 aliphatic rings. The van der Waals surface area contributed by atoms with Gasteiger partial charge in [0.2, 0.25) is 5.91 Å². The summed E-state index contributed by atoms with van der Waals surface area (Å²) in [5.74, 6) is -0.151.